The van der Waals surface area contributed by atoms with Gasteiger partial charge < -0.3 is 4.57 Å². The standard InChI is InChI=1S/C46H32N4/c1-46(2)37-23-13-11-20-32(37)34-25-28-40-41(42(34)46)36-22-12-14-24-38(36)50(40)39-27-26-35(31-19-9-10-21-33(31)39)45-48-43(29-15-5-3-6-16-29)47-44(49-45)30-17-7-4-8-18-30/h3-28H,1-2H3. The molecule has 0 saturated carbocycles. The van der Waals surface area contributed by atoms with Gasteiger partial charge >= 0.3 is 0 Å². The number of rotatable bonds is 4. The van der Waals surface area contributed by atoms with Gasteiger partial charge in [-0.1, -0.05) is 147 Å². The molecule has 236 valence electrons. The minimum absolute atomic E-state index is 0.127. The molecule has 0 spiro atoms. The summed E-state index contributed by atoms with van der Waals surface area (Å²) in [5.41, 5.74) is 11.7. The van der Waals surface area contributed by atoms with Crippen molar-refractivity contribution >= 4 is 32.6 Å². The van der Waals surface area contributed by atoms with Gasteiger partial charge in [0.1, 0.15) is 0 Å². The minimum Gasteiger partial charge on any atom is -0.309 e. The van der Waals surface area contributed by atoms with Gasteiger partial charge in [-0.3, -0.25) is 0 Å². The number of nitrogens with zero attached hydrogens (tertiary/aromatic N) is 4. The van der Waals surface area contributed by atoms with E-state index in [1.54, 1.807) is 0 Å². The van der Waals surface area contributed by atoms with Crippen LogP contribution in [0.4, 0.5) is 0 Å². The second-order valence-corrected chi connectivity index (χ2v) is 13.6. The molecule has 4 heteroatoms. The highest BCUT2D eigenvalue weighted by Gasteiger charge is 2.38. The summed E-state index contributed by atoms with van der Waals surface area (Å²) in [6.07, 6.45) is 0. The number of hydrogen-bond acceptors (Lipinski definition) is 3. The van der Waals surface area contributed by atoms with Crippen molar-refractivity contribution in [3.63, 3.8) is 0 Å². The summed E-state index contributed by atoms with van der Waals surface area (Å²) in [5.74, 6) is 1.96. The van der Waals surface area contributed by atoms with Crippen molar-refractivity contribution in [3.8, 4) is 51.0 Å². The molecule has 50 heavy (non-hydrogen) atoms. The Labute approximate surface area is 290 Å². The first kappa shape index (κ1) is 28.6. The first-order chi connectivity index (χ1) is 24.6. The summed E-state index contributed by atoms with van der Waals surface area (Å²) >= 11 is 0. The summed E-state index contributed by atoms with van der Waals surface area (Å²) in [6.45, 7) is 4.74. The average Bonchev–Trinajstić information content (AvgIpc) is 3.63. The number of aromatic nitrogens is 4. The topological polar surface area (TPSA) is 43.6 Å². The molecule has 0 bridgehead atoms. The molecule has 0 fully saturated rings. The fourth-order valence-electron chi connectivity index (χ4n) is 8.19. The summed E-state index contributed by atoms with van der Waals surface area (Å²) in [5, 5.41) is 4.82. The molecule has 0 unspecified atom stereocenters. The van der Waals surface area contributed by atoms with E-state index in [4.69, 9.17) is 15.0 Å². The van der Waals surface area contributed by atoms with Gasteiger partial charge in [-0.15, -0.1) is 0 Å². The predicted octanol–water partition coefficient (Wildman–Crippen LogP) is 11.4. The van der Waals surface area contributed by atoms with Crippen LogP contribution in [0.5, 0.6) is 0 Å². The van der Waals surface area contributed by atoms with Crippen LogP contribution in [-0.4, -0.2) is 19.5 Å². The molecule has 1 aliphatic rings. The Kier molecular flexibility index (Phi) is 6.19. The smallest absolute Gasteiger partial charge is 0.164 e. The number of para-hydroxylation sites is 1. The van der Waals surface area contributed by atoms with Crippen molar-refractivity contribution < 1.29 is 0 Å². The Morgan fingerprint density at radius 2 is 0.980 bits per heavy atom. The molecule has 4 nitrogen and oxygen atoms in total. The van der Waals surface area contributed by atoms with Gasteiger partial charge in [0, 0.05) is 38.3 Å². The van der Waals surface area contributed by atoms with Crippen molar-refractivity contribution in [1.82, 2.24) is 19.5 Å². The molecule has 2 heterocycles. The Balaban J connectivity index is 1.23. The molecule has 0 aliphatic heterocycles. The monoisotopic (exact) mass is 640 g/mol. The third-order valence-corrected chi connectivity index (χ3v) is 10.4. The summed E-state index contributed by atoms with van der Waals surface area (Å²) < 4.78 is 2.45. The zero-order valence-electron chi connectivity index (χ0n) is 27.8. The number of benzene rings is 7. The lowest BCUT2D eigenvalue weighted by Crippen LogP contribution is -2.15. The van der Waals surface area contributed by atoms with Gasteiger partial charge in [-0.05, 0) is 51.9 Å². The highest BCUT2D eigenvalue weighted by atomic mass is 15.0. The van der Waals surface area contributed by atoms with Crippen molar-refractivity contribution in [2.75, 3.05) is 0 Å². The normalized spacial score (nSPS) is 13.2. The van der Waals surface area contributed by atoms with Gasteiger partial charge in [0.2, 0.25) is 0 Å². The molecule has 2 aromatic heterocycles. The van der Waals surface area contributed by atoms with E-state index in [2.05, 4.69) is 115 Å². The molecule has 0 radical (unpaired) electrons. The van der Waals surface area contributed by atoms with Gasteiger partial charge in [-0.25, -0.2) is 15.0 Å². The van der Waals surface area contributed by atoms with Gasteiger partial charge in [0.15, 0.2) is 17.5 Å². The maximum absolute atomic E-state index is 5.09. The van der Waals surface area contributed by atoms with E-state index in [9.17, 15) is 0 Å². The summed E-state index contributed by atoms with van der Waals surface area (Å²) in [7, 11) is 0. The Morgan fingerprint density at radius 1 is 0.420 bits per heavy atom. The van der Waals surface area contributed by atoms with E-state index in [0.29, 0.717) is 17.5 Å². The molecule has 0 N–H and O–H groups in total. The molecule has 7 aromatic carbocycles. The molecular formula is C46H32N4. The third-order valence-electron chi connectivity index (χ3n) is 10.4. The second-order valence-electron chi connectivity index (χ2n) is 13.6. The molecule has 0 atom stereocenters. The van der Waals surface area contributed by atoms with E-state index in [0.717, 1.165) is 33.2 Å². The largest absolute Gasteiger partial charge is 0.309 e. The van der Waals surface area contributed by atoms with Crippen LogP contribution in [0.15, 0.2) is 158 Å². The van der Waals surface area contributed by atoms with Crippen molar-refractivity contribution in [2.45, 2.75) is 19.3 Å². The highest BCUT2D eigenvalue weighted by Crippen LogP contribution is 2.53. The summed E-state index contributed by atoms with van der Waals surface area (Å²) in [4.78, 5) is 15.1. The van der Waals surface area contributed by atoms with Crippen LogP contribution in [0.3, 0.4) is 0 Å². The molecular weight excluding hydrogens is 609 g/mol. The van der Waals surface area contributed by atoms with Crippen LogP contribution in [0.25, 0.3) is 83.6 Å². The maximum Gasteiger partial charge on any atom is 0.164 e. The van der Waals surface area contributed by atoms with Crippen LogP contribution in [0.1, 0.15) is 25.0 Å². The fraction of sp³-hybridized carbons (Fsp3) is 0.0652. The Morgan fingerprint density at radius 3 is 1.70 bits per heavy atom. The van der Waals surface area contributed by atoms with E-state index < -0.39 is 0 Å². The van der Waals surface area contributed by atoms with Crippen LogP contribution in [0.2, 0.25) is 0 Å². The predicted molar refractivity (Wildman–Crippen MR) is 206 cm³/mol. The molecule has 1 aliphatic carbocycles. The van der Waals surface area contributed by atoms with Crippen LogP contribution in [0, 0.1) is 0 Å². The maximum atomic E-state index is 5.09. The third kappa shape index (κ3) is 4.15. The fourth-order valence-corrected chi connectivity index (χ4v) is 8.19. The van der Waals surface area contributed by atoms with Crippen molar-refractivity contribution in [3.05, 3.63) is 169 Å². The lowest BCUT2D eigenvalue weighted by atomic mass is 9.80. The molecule has 0 saturated heterocycles. The van der Waals surface area contributed by atoms with Crippen LogP contribution < -0.4 is 0 Å². The van der Waals surface area contributed by atoms with E-state index in [1.807, 2.05) is 60.7 Å². The zero-order valence-corrected chi connectivity index (χ0v) is 27.8. The van der Waals surface area contributed by atoms with Crippen molar-refractivity contribution in [1.29, 1.82) is 0 Å². The minimum atomic E-state index is -0.127. The molecule has 0 amide bonds. The number of fused-ring (bicyclic) bond motifs is 8. The lowest BCUT2D eigenvalue weighted by molar-refractivity contribution is 0.666. The quantitative estimate of drug-likeness (QED) is 0.192. The first-order valence-corrected chi connectivity index (χ1v) is 17.1. The second kappa shape index (κ2) is 10.8. The van der Waals surface area contributed by atoms with Crippen LogP contribution >= 0.6 is 0 Å². The SMILES string of the molecule is CC1(C)c2ccccc2-c2ccc3c(c21)c1ccccc1n3-c1ccc(-c2nc(-c3ccccc3)nc(-c3ccccc3)n2)c2ccccc12. The van der Waals surface area contributed by atoms with Crippen LogP contribution in [-0.2, 0) is 5.41 Å². The van der Waals surface area contributed by atoms with E-state index >= 15 is 0 Å². The van der Waals surface area contributed by atoms with Gasteiger partial charge in [0.25, 0.3) is 0 Å². The first-order valence-electron chi connectivity index (χ1n) is 17.1. The van der Waals surface area contributed by atoms with E-state index in [-0.39, 0.29) is 5.41 Å². The summed E-state index contributed by atoms with van der Waals surface area (Å²) in [6, 6.07) is 55.7. The number of hydrogen-bond donors (Lipinski definition) is 0. The Hall–Kier alpha value is -6.39. The van der Waals surface area contributed by atoms with E-state index in [1.165, 1.54) is 44.1 Å². The van der Waals surface area contributed by atoms with Gasteiger partial charge in [-0.2, -0.15) is 0 Å². The van der Waals surface area contributed by atoms with Crippen molar-refractivity contribution in [2.24, 2.45) is 0 Å². The molecule has 10 rings (SSSR count). The van der Waals surface area contributed by atoms with Gasteiger partial charge in [0.05, 0.1) is 16.7 Å². The average molecular weight is 641 g/mol. The lowest BCUT2D eigenvalue weighted by Gasteiger charge is -2.22. The zero-order chi connectivity index (χ0) is 33.4. The Bertz CT molecular complexity index is 2720. The highest BCUT2D eigenvalue weighted by molar-refractivity contribution is 6.15. The molecule has 9 aromatic rings.